The molecule has 0 saturated carbocycles. The standard InChI is InChI=1S/C77H130O17P2/c1-5-9-13-17-21-25-29-32-35-38-42-45-49-53-57-61-74(79)87-67-72(93-76(81)63-59-55-51-47-41-28-24-20-16-12-8-4)69-91-95(83,84)89-65-71(78)66-90-96(85,86)92-70-73(94-77(82)64-60-56-52-48-44-40-37-34-31-27-23-19-15-11-7-3)68-88-75(80)62-58-54-50-46-43-39-36-33-30-26-22-18-14-10-6-2/h10-11,14-15,21-23,25-27,32-37,43-44,46,48,71-73,78H,5-9,12-13,16-20,24,28-31,38-42,45,47,49-70H2,1-4H3,(H,83,84)(H,85,86)/b14-10-,15-11-,25-21-,26-22-,27-23-,35-32-,36-33-,37-34-,46-43-,48-44-. The summed E-state index contributed by atoms with van der Waals surface area (Å²) in [5, 5.41) is 10.6. The molecule has 0 aliphatic heterocycles. The smallest absolute Gasteiger partial charge is 0.462 e. The molecule has 550 valence electrons. The lowest BCUT2D eigenvalue weighted by atomic mass is 10.1. The van der Waals surface area contributed by atoms with E-state index in [1.165, 1.54) is 57.8 Å². The van der Waals surface area contributed by atoms with Gasteiger partial charge in [-0.3, -0.25) is 37.3 Å². The average Bonchev–Trinajstić information content (AvgIpc) is 1.09. The summed E-state index contributed by atoms with van der Waals surface area (Å²) < 4.78 is 68.2. The Morgan fingerprint density at radius 3 is 0.875 bits per heavy atom. The first-order valence-electron chi connectivity index (χ1n) is 36.8. The van der Waals surface area contributed by atoms with Gasteiger partial charge in [0.15, 0.2) is 12.2 Å². The second kappa shape index (κ2) is 69.0. The molecule has 5 atom stereocenters. The minimum absolute atomic E-state index is 0.0309. The topological polar surface area (TPSA) is 237 Å². The third-order valence-corrected chi connectivity index (χ3v) is 16.8. The molecule has 0 aromatic rings. The molecule has 0 aliphatic carbocycles. The predicted molar refractivity (Wildman–Crippen MR) is 390 cm³/mol. The molecule has 0 aromatic carbocycles. The van der Waals surface area contributed by atoms with Crippen LogP contribution in [0.5, 0.6) is 0 Å². The van der Waals surface area contributed by atoms with Gasteiger partial charge in [-0.05, 0) is 135 Å². The van der Waals surface area contributed by atoms with E-state index in [2.05, 4.69) is 149 Å². The van der Waals surface area contributed by atoms with Crippen molar-refractivity contribution in [2.75, 3.05) is 39.6 Å². The number of hydrogen-bond donors (Lipinski definition) is 3. The van der Waals surface area contributed by atoms with Crippen molar-refractivity contribution in [2.45, 2.75) is 303 Å². The van der Waals surface area contributed by atoms with E-state index in [0.717, 1.165) is 141 Å². The Labute approximate surface area is 581 Å². The molecule has 0 radical (unpaired) electrons. The number of carbonyl (C=O) groups excluding carboxylic acids is 4. The summed E-state index contributed by atoms with van der Waals surface area (Å²) in [6.07, 6.45) is 73.5. The Bertz CT molecular complexity index is 2300. The summed E-state index contributed by atoms with van der Waals surface area (Å²) in [7, 11) is -9.97. The Morgan fingerprint density at radius 1 is 0.302 bits per heavy atom. The van der Waals surface area contributed by atoms with E-state index in [1.54, 1.807) is 0 Å². The number of esters is 4. The predicted octanol–water partition coefficient (Wildman–Crippen LogP) is 20.8. The molecule has 0 fully saturated rings. The summed E-state index contributed by atoms with van der Waals surface area (Å²) in [4.78, 5) is 72.7. The fourth-order valence-electron chi connectivity index (χ4n) is 9.35. The second-order valence-electron chi connectivity index (χ2n) is 24.1. The van der Waals surface area contributed by atoms with Crippen LogP contribution in [0.2, 0.25) is 0 Å². The molecule has 0 saturated heterocycles. The highest BCUT2D eigenvalue weighted by Crippen LogP contribution is 2.45. The first kappa shape index (κ1) is 91.5. The minimum atomic E-state index is -4.99. The van der Waals surface area contributed by atoms with Gasteiger partial charge >= 0.3 is 39.5 Å². The van der Waals surface area contributed by atoms with Crippen LogP contribution < -0.4 is 0 Å². The molecule has 5 unspecified atom stereocenters. The van der Waals surface area contributed by atoms with E-state index < -0.39 is 97.5 Å². The molecule has 17 nitrogen and oxygen atoms in total. The molecule has 3 N–H and O–H groups in total. The number of allylic oxidation sites excluding steroid dienone is 20. The van der Waals surface area contributed by atoms with E-state index >= 15 is 0 Å². The van der Waals surface area contributed by atoms with E-state index in [4.69, 9.17) is 37.0 Å². The average molecular weight is 1390 g/mol. The molecular weight excluding hydrogens is 1260 g/mol. The maximum atomic E-state index is 13.0. The lowest BCUT2D eigenvalue weighted by Gasteiger charge is -2.21. The highest BCUT2D eigenvalue weighted by molar-refractivity contribution is 7.47. The van der Waals surface area contributed by atoms with Crippen LogP contribution in [0.1, 0.15) is 285 Å². The Balaban J connectivity index is 5.41. The summed E-state index contributed by atoms with van der Waals surface area (Å²) in [6.45, 7) is 4.48. The third-order valence-electron chi connectivity index (χ3n) is 14.9. The van der Waals surface area contributed by atoms with Gasteiger partial charge in [-0.1, -0.05) is 246 Å². The van der Waals surface area contributed by atoms with Gasteiger partial charge in [0.1, 0.15) is 19.3 Å². The van der Waals surface area contributed by atoms with Gasteiger partial charge in [0.05, 0.1) is 26.4 Å². The van der Waals surface area contributed by atoms with Crippen molar-refractivity contribution >= 4 is 39.5 Å². The van der Waals surface area contributed by atoms with Crippen molar-refractivity contribution in [3.05, 3.63) is 122 Å². The van der Waals surface area contributed by atoms with Crippen molar-refractivity contribution in [3.8, 4) is 0 Å². The van der Waals surface area contributed by atoms with Gasteiger partial charge in [-0.15, -0.1) is 0 Å². The van der Waals surface area contributed by atoms with Crippen molar-refractivity contribution in [2.24, 2.45) is 0 Å². The third kappa shape index (κ3) is 68.0. The van der Waals surface area contributed by atoms with Gasteiger partial charge in [0.2, 0.25) is 0 Å². The fraction of sp³-hybridized carbons (Fsp3) is 0.688. The van der Waals surface area contributed by atoms with Gasteiger partial charge in [-0.25, -0.2) is 9.13 Å². The highest BCUT2D eigenvalue weighted by atomic mass is 31.2. The largest absolute Gasteiger partial charge is 0.472 e. The molecule has 96 heavy (non-hydrogen) atoms. The van der Waals surface area contributed by atoms with Crippen LogP contribution >= 0.6 is 15.6 Å². The minimum Gasteiger partial charge on any atom is -0.462 e. The zero-order valence-electron chi connectivity index (χ0n) is 59.8. The Morgan fingerprint density at radius 2 is 0.542 bits per heavy atom. The number of unbranched alkanes of at least 4 members (excludes halogenated alkanes) is 22. The fourth-order valence-corrected chi connectivity index (χ4v) is 10.9. The first-order valence-corrected chi connectivity index (χ1v) is 39.8. The maximum Gasteiger partial charge on any atom is 0.472 e. The van der Waals surface area contributed by atoms with Crippen LogP contribution in [-0.2, 0) is 65.4 Å². The lowest BCUT2D eigenvalue weighted by Crippen LogP contribution is -2.30. The number of rotatable bonds is 68. The molecular formula is C77H130O17P2. The zero-order chi connectivity index (χ0) is 70.4. The molecule has 0 rings (SSSR count). The number of aliphatic hydroxyl groups is 1. The summed E-state index contributed by atoms with van der Waals surface area (Å²) in [5.41, 5.74) is 0. The quantitative estimate of drug-likeness (QED) is 0.0169. The van der Waals surface area contributed by atoms with Crippen molar-refractivity contribution in [1.29, 1.82) is 0 Å². The zero-order valence-corrected chi connectivity index (χ0v) is 61.5. The number of carbonyl (C=O) groups is 4. The van der Waals surface area contributed by atoms with Gasteiger partial charge < -0.3 is 33.8 Å². The van der Waals surface area contributed by atoms with Crippen LogP contribution in [0.15, 0.2) is 122 Å². The maximum absolute atomic E-state index is 13.0. The number of phosphoric acid groups is 2. The van der Waals surface area contributed by atoms with Crippen molar-refractivity contribution in [1.82, 2.24) is 0 Å². The SMILES string of the molecule is CC/C=C\C/C=C\C/C=C\C/C=C\CCCCC(=O)OCC(COP(=O)(O)OCC(O)COP(=O)(O)OCC(COC(=O)CCCCCCC/C=C\C/C=C\CCCCC)OC(=O)CCCCCCCCCCCCC)OC(=O)CCCC/C=C\C/C=C\C/C=C\C/C=C\CC. The number of ether oxygens (including phenoxy) is 4. The van der Waals surface area contributed by atoms with Crippen LogP contribution in [-0.4, -0.2) is 96.7 Å². The molecule has 19 heteroatoms. The molecule has 0 heterocycles. The normalized spacial score (nSPS) is 14.7. The second-order valence-corrected chi connectivity index (χ2v) is 27.0. The lowest BCUT2D eigenvalue weighted by molar-refractivity contribution is -0.161. The summed E-state index contributed by atoms with van der Waals surface area (Å²) in [6, 6.07) is 0. The van der Waals surface area contributed by atoms with E-state index in [1.807, 2.05) is 0 Å². The molecule has 0 spiro atoms. The van der Waals surface area contributed by atoms with Crippen LogP contribution in [0.4, 0.5) is 0 Å². The highest BCUT2D eigenvalue weighted by Gasteiger charge is 2.30. The number of hydrogen-bond acceptors (Lipinski definition) is 15. The van der Waals surface area contributed by atoms with Gasteiger partial charge in [0, 0.05) is 25.7 Å². The first-order chi connectivity index (χ1) is 46.7. The Hall–Kier alpha value is -4.54. The molecule has 0 aromatic heterocycles. The Kier molecular flexibility index (Phi) is 65.7. The van der Waals surface area contributed by atoms with Gasteiger partial charge in [0.25, 0.3) is 0 Å². The molecule has 0 amide bonds. The summed E-state index contributed by atoms with van der Waals surface area (Å²) >= 11 is 0. The van der Waals surface area contributed by atoms with Crippen molar-refractivity contribution in [3.63, 3.8) is 0 Å². The van der Waals surface area contributed by atoms with E-state index in [-0.39, 0.29) is 25.7 Å². The monoisotopic (exact) mass is 1390 g/mol. The van der Waals surface area contributed by atoms with Crippen LogP contribution in [0.25, 0.3) is 0 Å². The van der Waals surface area contributed by atoms with E-state index in [0.29, 0.717) is 32.1 Å². The molecule has 0 bridgehead atoms. The van der Waals surface area contributed by atoms with Crippen LogP contribution in [0, 0.1) is 0 Å². The number of phosphoric ester groups is 2. The molecule has 0 aliphatic rings. The number of aliphatic hydroxyl groups excluding tert-OH is 1. The van der Waals surface area contributed by atoms with E-state index in [9.17, 15) is 43.2 Å². The van der Waals surface area contributed by atoms with Gasteiger partial charge in [-0.2, -0.15) is 0 Å². The summed E-state index contributed by atoms with van der Waals surface area (Å²) in [5.74, 6) is -2.29. The van der Waals surface area contributed by atoms with Crippen molar-refractivity contribution < 1.29 is 80.2 Å². The van der Waals surface area contributed by atoms with Crippen LogP contribution in [0.3, 0.4) is 0 Å².